The van der Waals surface area contributed by atoms with Gasteiger partial charge in [0.15, 0.2) is 0 Å². The first kappa shape index (κ1) is 16.5. The van der Waals surface area contributed by atoms with Crippen molar-refractivity contribution in [2.24, 2.45) is 7.05 Å². The van der Waals surface area contributed by atoms with Crippen LogP contribution in [0.3, 0.4) is 0 Å². The van der Waals surface area contributed by atoms with Crippen LogP contribution < -0.4 is 5.32 Å². The summed E-state index contributed by atoms with van der Waals surface area (Å²) >= 11 is 0. The van der Waals surface area contributed by atoms with E-state index in [1.165, 1.54) is 44.2 Å². The van der Waals surface area contributed by atoms with Crippen molar-refractivity contribution in [2.75, 3.05) is 20.6 Å². The summed E-state index contributed by atoms with van der Waals surface area (Å²) in [5, 5.41) is 8.43. The van der Waals surface area contributed by atoms with Gasteiger partial charge in [0.1, 0.15) is 0 Å². The summed E-state index contributed by atoms with van der Waals surface area (Å²) in [5.41, 5.74) is 1.49. The van der Waals surface area contributed by atoms with Gasteiger partial charge in [-0.25, -0.2) is 0 Å². The molecular formula is C17H32N4. The molecule has 0 spiro atoms. The zero-order valence-corrected chi connectivity index (χ0v) is 14.2. The molecule has 1 fully saturated rings. The first-order valence-electron chi connectivity index (χ1n) is 8.48. The van der Waals surface area contributed by atoms with Gasteiger partial charge in [0.2, 0.25) is 0 Å². The van der Waals surface area contributed by atoms with Crippen LogP contribution in [0.2, 0.25) is 0 Å². The van der Waals surface area contributed by atoms with E-state index in [2.05, 4.69) is 48.6 Å². The molecule has 2 rings (SSSR count). The molecule has 0 amide bonds. The molecule has 1 atom stereocenters. The Kier molecular flexibility index (Phi) is 5.82. The Morgan fingerprint density at radius 1 is 1.33 bits per heavy atom. The summed E-state index contributed by atoms with van der Waals surface area (Å²) in [6, 6.07) is 2.65. The van der Waals surface area contributed by atoms with Gasteiger partial charge in [-0.15, -0.1) is 0 Å². The highest BCUT2D eigenvalue weighted by Gasteiger charge is 2.41. The number of hydrogen-bond donors (Lipinski definition) is 1. The van der Waals surface area contributed by atoms with Gasteiger partial charge in [-0.3, -0.25) is 4.68 Å². The second-order valence-corrected chi connectivity index (χ2v) is 6.75. The van der Waals surface area contributed by atoms with Crippen molar-refractivity contribution in [2.45, 2.75) is 63.5 Å². The van der Waals surface area contributed by atoms with Gasteiger partial charge < -0.3 is 10.2 Å². The quantitative estimate of drug-likeness (QED) is 0.838. The van der Waals surface area contributed by atoms with E-state index in [0.29, 0.717) is 6.04 Å². The maximum Gasteiger partial charge on any atom is 0.0640 e. The largest absolute Gasteiger partial charge is 0.312 e. The molecule has 1 heterocycles. The molecule has 1 aliphatic rings. The number of nitrogens with one attached hydrogen (secondary N) is 1. The van der Waals surface area contributed by atoms with Crippen LogP contribution in [0.4, 0.5) is 0 Å². The summed E-state index contributed by atoms with van der Waals surface area (Å²) in [5.74, 6) is 0. The van der Waals surface area contributed by atoms with Crippen LogP contribution in [-0.2, 0) is 13.5 Å². The van der Waals surface area contributed by atoms with Crippen molar-refractivity contribution in [1.29, 1.82) is 0 Å². The summed E-state index contributed by atoms with van der Waals surface area (Å²) in [4.78, 5) is 2.47. The van der Waals surface area contributed by atoms with E-state index in [4.69, 9.17) is 0 Å². The van der Waals surface area contributed by atoms with E-state index < -0.39 is 0 Å². The molecule has 1 aliphatic carbocycles. The monoisotopic (exact) mass is 292 g/mol. The summed E-state index contributed by atoms with van der Waals surface area (Å²) in [6.45, 7) is 3.33. The highest BCUT2D eigenvalue weighted by molar-refractivity contribution is 5.09. The molecule has 120 valence electrons. The number of aryl methyl sites for hydroxylation is 1. The third kappa shape index (κ3) is 3.86. The molecular weight excluding hydrogens is 260 g/mol. The van der Waals surface area contributed by atoms with Gasteiger partial charge in [0.05, 0.1) is 5.69 Å². The smallest absolute Gasteiger partial charge is 0.0640 e. The van der Waals surface area contributed by atoms with Crippen molar-refractivity contribution in [3.63, 3.8) is 0 Å². The number of rotatable bonds is 7. The number of nitrogens with zero attached hydrogens (tertiary/aromatic N) is 3. The fourth-order valence-electron chi connectivity index (χ4n) is 3.82. The number of aromatic nitrogens is 2. The molecule has 1 aromatic rings. The maximum atomic E-state index is 4.60. The molecule has 0 aromatic carbocycles. The third-order valence-corrected chi connectivity index (χ3v) is 5.08. The van der Waals surface area contributed by atoms with Crippen molar-refractivity contribution in [3.8, 4) is 0 Å². The Morgan fingerprint density at radius 3 is 2.57 bits per heavy atom. The Bertz CT molecular complexity index is 418. The SMILES string of the molecule is CCCNC(Cc1ccn(C)n1)C1(N(C)C)CCCCC1. The molecule has 4 heteroatoms. The van der Waals surface area contributed by atoms with Crippen LogP contribution >= 0.6 is 0 Å². The minimum Gasteiger partial charge on any atom is -0.312 e. The van der Waals surface area contributed by atoms with Gasteiger partial charge >= 0.3 is 0 Å². The van der Waals surface area contributed by atoms with Gasteiger partial charge in [-0.2, -0.15) is 5.10 Å². The lowest BCUT2D eigenvalue weighted by Gasteiger charge is -2.49. The van der Waals surface area contributed by atoms with Crippen molar-refractivity contribution >= 4 is 0 Å². The van der Waals surface area contributed by atoms with Gasteiger partial charge in [0, 0.05) is 31.2 Å². The van der Waals surface area contributed by atoms with Crippen molar-refractivity contribution in [3.05, 3.63) is 18.0 Å². The minimum absolute atomic E-state index is 0.283. The van der Waals surface area contributed by atoms with Crippen LogP contribution in [0, 0.1) is 0 Å². The normalized spacial score (nSPS) is 19.9. The van der Waals surface area contributed by atoms with Crippen LogP contribution in [0.15, 0.2) is 12.3 Å². The Morgan fingerprint density at radius 2 is 2.05 bits per heavy atom. The molecule has 1 N–H and O–H groups in total. The Labute approximate surface area is 129 Å². The average Bonchev–Trinajstić information content (AvgIpc) is 2.89. The predicted octanol–water partition coefficient (Wildman–Crippen LogP) is 2.60. The lowest BCUT2D eigenvalue weighted by atomic mass is 9.74. The van der Waals surface area contributed by atoms with Crippen LogP contribution in [0.5, 0.6) is 0 Å². The van der Waals surface area contributed by atoms with Crippen LogP contribution in [-0.4, -0.2) is 46.9 Å². The lowest BCUT2D eigenvalue weighted by Crippen LogP contribution is -2.61. The molecule has 1 aromatic heterocycles. The van der Waals surface area contributed by atoms with Gasteiger partial charge in [-0.1, -0.05) is 26.2 Å². The fourth-order valence-corrected chi connectivity index (χ4v) is 3.82. The fraction of sp³-hybridized carbons (Fsp3) is 0.824. The van der Waals surface area contributed by atoms with E-state index in [-0.39, 0.29) is 5.54 Å². The number of likely N-dealkylation sites (N-methyl/N-ethyl adjacent to an activating group) is 1. The zero-order valence-electron chi connectivity index (χ0n) is 14.2. The molecule has 0 aliphatic heterocycles. The van der Waals surface area contributed by atoms with E-state index in [9.17, 15) is 0 Å². The first-order chi connectivity index (χ1) is 10.1. The van der Waals surface area contributed by atoms with E-state index >= 15 is 0 Å². The summed E-state index contributed by atoms with van der Waals surface area (Å²) in [7, 11) is 6.51. The zero-order chi connectivity index (χ0) is 15.3. The topological polar surface area (TPSA) is 33.1 Å². The maximum absolute atomic E-state index is 4.60. The molecule has 0 radical (unpaired) electrons. The number of hydrogen-bond acceptors (Lipinski definition) is 3. The second-order valence-electron chi connectivity index (χ2n) is 6.75. The Balaban J connectivity index is 2.19. The third-order valence-electron chi connectivity index (χ3n) is 5.08. The molecule has 0 saturated heterocycles. The highest BCUT2D eigenvalue weighted by atomic mass is 15.3. The van der Waals surface area contributed by atoms with E-state index in [0.717, 1.165) is 13.0 Å². The molecule has 4 nitrogen and oxygen atoms in total. The summed E-state index contributed by atoms with van der Waals surface area (Å²) < 4.78 is 1.91. The van der Waals surface area contributed by atoms with Crippen molar-refractivity contribution in [1.82, 2.24) is 20.0 Å². The molecule has 1 unspecified atom stereocenters. The van der Waals surface area contributed by atoms with Gasteiger partial charge in [0.25, 0.3) is 0 Å². The minimum atomic E-state index is 0.283. The average molecular weight is 292 g/mol. The second kappa shape index (κ2) is 7.41. The predicted molar refractivity (Wildman–Crippen MR) is 88.5 cm³/mol. The lowest BCUT2D eigenvalue weighted by molar-refractivity contribution is 0.0565. The highest BCUT2D eigenvalue weighted by Crippen LogP contribution is 2.36. The van der Waals surface area contributed by atoms with Crippen molar-refractivity contribution < 1.29 is 0 Å². The van der Waals surface area contributed by atoms with Crippen LogP contribution in [0.25, 0.3) is 0 Å². The van der Waals surface area contributed by atoms with E-state index in [1.54, 1.807) is 0 Å². The molecule has 1 saturated carbocycles. The molecule has 0 bridgehead atoms. The Hall–Kier alpha value is -0.870. The molecule has 21 heavy (non-hydrogen) atoms. The van der Waals surface area contributed by atoms with Crippen LogP contribution in [0.1, 0.15) is 51.1 Å². The van der Waals surface area contributed by atoms with Gasteiger partial charge in [-0.05, 0) is 46.0 Å². The first-order valence-corrected chi connectivity index (χ1v) is 8.48. The van der Waals surface area contributed by atoms with E-state index in [1.807, 2.05) is 11.7 Å². The summed E-state index contributed by atoms with van der Waals surface area (Å²) in [6.07, 6.45) is 11.0. The standard InChI is InChI=1S/C17H32N4/c1-5-12-18-16(14-15-9-13-21(4)19-15)17(20(2)3)10-7-6-8-11-17/h9,13,16,18H,5-8,10-12,14H2,1-4H3.